The third-order valence-electron chi connectivity index (χ3n) is 4.36. The van der Waals surface area contributed by atoms with Crippen LogP contribution in [0.3, 0.4) is 0 Å². The van der Waals surface area contributed by atoms with Crippen molar-refractivity contribution in [2.75, 3.05) is 0 Å². The number of carbonyl (C=O) groups excluding carboxylic acids is 1. The van der Waals surface area contributed by atoms with Gasteiger partial charge in [-0.2, -0.15) is 5.10 Å². The Hall–Kier alpha value is -2.17. The molecule has 1 aromatic carbocycles. The van der Waals surface area contributed by atoms with Crippen LogP contribution in [0.25, 0.3) is 11.3 Å². The van der Waals surface area contributed by atoms with E-state index in [9.17, 15) is 9.18 Å². The van der Waals surface area contributed by atoms with Gasteiger partial charge in [-0.05, 0) is 49.1 Å². The second-order valence-corrected chi connectivity index (χ2v) is 6.23. The zero-order valence-electron chi connectivity index (χ0n) is 13.4. The molecule has 0 spiro atoms. The van der Waals surface area contributed by atoms with Gasteiger partial charge in [-0.25, -0.2) is 4.39 Å². The molecule has 1 aliphatic carbocycles. The normalized spacial score (nSPS) is 15.0. The van der Waals surface area contributed by atoms with E-state index in [1.165, 1.54) is 25.0 Å². The number of rotatable bonds is 5. The lowest BCUT2D eigenvalue weighted by Gasteiger charge is -2.11. The minimum atomic E-state index is -0.262. The van der Waals surface area contributed by atoms with Crippen molar-refractivity contribution < 1.29 is 9.18 Å². The van der Waals surface area contributed by atoms with Gasteiger partial charge in [0.2, 0.25) is 5.91 Å². The van der Waals surface area contributed by atoms with E-state index in [1.54, 1.807) is 16.8 Å². The van der Waals surface area contributed by atoms with E-state index in [0.717, 1.165) is 29.7 Å². The maximum absolute atomic E-state index is 13.1. The molecule has 1 fully saturated rings. The molecule has 0 bridgehead atoms. The molecule has 122 valence electrons. The molecule has 1 N–H and O–H groups in total. The summed E-state index contributed by atoms with van der Waals surface area (Å²) in [4.78, 5) is 12.1. The summed E-state index contributed by atoms with van der Waals surface area (Å²) in [6, 6.07) is 6.66. The first-order valence-corrected chi connectivity index (χ1v) is 8.19. The topological polar surface area (TPSA) is 46.9 Å². The molecular weight excluding hydrogens is 293 g/mol. The lowest BCUT2D eigenvalue weighted by molar-refractivity contribution is -0.121. The van der Waals surface area contributed by atoms with Crippen LogP contribution >= 0.6 is 0 Å². The Morgan fingerprint density at radius 3 is 2.70 bits per heavy atom. The van der Waals surface area contributed by atoms with Crippen LogP contribution in [0.15, 0.2) is 30.5 Å². The van der Waals surface area contributed by atoms with E-state index in [2.05, 4.69) is 10.4 Å². The molecule has 1 aromatic heterocycles. The standard InChI is InChI=1S/C18H22FN3O/c1-22-12-14(8-11-17(23)20-16-4-2-3-5-16)18(21-22)13-6-9-15(19)10-7-13/h6-7,9-10,12,16H,2-5,8,11H2,1H3,(H,20,23). The van der Waals surface area contributed by atoms with Crippen LogP contribution in [0.5, 0.6) is 0 Å². The van der Waals surface area contributed by atoms with E-state index in [-0.39, 0.29) is 11.7 Å². The highest BCUT2D eigenvalue weighted by Crippen LogP contribution is 2.23. The highest BCUT2D eigenvalue weighted by Gasteiger charge is 2.18. The average Bonchev–Trinajstić information content (AvgIpc) is 3.15. The maximum Gasteiger partial charge on any atom is 0.220 e. The van der Waals surface area contributed by atoms with Gasteiger partial charge in [0, 0.05) is 31.3 Å². The third kappa shape index (κ3) is 3.97. The smallest absolute Gasteiger partial charge is 0.220 e. The number of hydrogen-bond acceptors (Lipinski definition) is 2. The van der Waals surface area contributed by atoms with Crippen molar-refractivity contribution in [2.45, 2.75) is 44.6 Å². The van der Waals surface area contributed by atoms with Crippen LogP contribution in [0.2, 0.25) is 0 Å². The average molecular weight is 315 g/mol. The highest BCUT2D eigenvalue weighted by atomic mass is 19.1. The quantitative estimate of drug-likeness (QED) is 0.921. The summed E-state index contributed by atoms with van der Waals surface area (Å²) < 4.78 is 14.8. The Labute approximate surface area is 135 Å². The number of aromatic nitrogens is 2. The molecule has 23 heavy (non-hydrogen) atoms. The lowest BCUT2D eigenvalue weighted by Crippen LogP contribution is -2.32. The second-order valence-electron chi connectivity index (χ2n) is 6.23. The van der Waals surface area contributed by atoms with Gasteiger partial charge in [-0.3, -0.25) is 9.48 Å². The van der Waals surface area contributed by atoms with Gasteiger partial charge in [-0.15, -0.1) is 0 Å². The third-order valence-corrected chi connectivity index (χ3v) is 4.36. The molecule has 4 nitrogen and oxygen atoms in total. The fraction of sp³-hybridized carbons (Fsp3) is 0.444. The molecule has 0 saturated heterocycles. The first-order chi connectivity index (χ1) is 11.1. The zero-order valence-corrected chi connectivity index (χ0v) is 13.4. The van der Waals surface area contributed by atoms with Crippen LogP contribution in [0, 0.1) is 5.82 Å². The van der Waals surface area contributed by atoms with Crippen molar-refractivity contribution in [2.24, 2.45) is 7.05 Å². The summed E-state index contributed by atoms with van der Waals surface area (Å²) in [6.45, 7) is 0. The number of aryl methyl sites for hydroxylation is 2. The molecule has 5 heteroatoms. The van der Waals surface area contributed by atoms with E-state index >= 15 is 0 Å². The summed E-state index contributed by atoms with van der Waals surface area (Å²) in [6.07, 6.45) is 7.64. The van der Waals surface area contributed by atoms with E-state index in [0.29, 0.717) is 18.9 Å². The van der Waals surface area contributed by atoms with Crippen molar-refractivity contribution in [3.05, 3.63) is 41.8 Å². The Balaban J connectivity index is 1.65. The predicted molar refractivity (Wildman–Crippen MR) is 87.3 cm³/mol. The second kappa shape index (κ2) is 6.94. The fourth-order valence-corrected chi connectivity index (χ4v) is 3.19. The van der Waals surface area contributed by atoms with Gasteiger partial charge >= 0.3 is 0 Å². The first-order valence-electron chi connectivity index (χ1n) is 8.19. The number of hydrogen-bond donors (Lipinski definition) is 1. The van der Waals surface area contributed by atoms with Gasteiger partial charge in [-0.1, -0.05) is 12.8 Å². The SMILES string of the molecule is Cn1cc(CCC(=O)NC2CCCC2)c(-c2ccc(F)cc2)n1. The van der Waals surface area contributed by atoms with Crippen LogP contribution in [-0.2, 0) is 18.3 Å². The van der Waals surface area contributed by atoms with Gasteiger partial charge in [0.25, 0.3) is 0 Å². The number of nitrogens with zero attached hydrogens (tertiary/aromatic N) is 2. The number of benzene rings is 1. The molecular formula is C18H22FN3O. The molecule has 1 saturated carbocycles. The summed E-state index contributed by atoms with van der Waals surface area (Å²) in [5.74, 6) is -0.159. The Morgan fingerprint density at radius 1 is 1.30 bits per heavy atom. The number of nitrogens with one attached hydrogen (secondary N) is 1. The fourth-order valence-electron chi connectivity index (χ4n) is 3.19. The monoisotopic (exact) mass is 315 g/mol. The summed E-state index contributed by atoms with van der Waals surface area (Å²) in [7, 11) is 1.86. The van der Waals surface area contributed by atoms with Crippen LogP contribution in [-0.4, -0.2) is 21.7 Å². The van der Waals surface area contributed by atoms with Gasteiger partial charge < -0.3 is 5.32 Å². The van der Waals surface area contributed by atoms with Crippen LogP contribution < -0.4 is 5.32 Å². The largest absolute Gasteiger partial charge is 0.353 e. The molecule has 1 amide bonds. The van der Waals surface area contributed by atoms with E-state index < -0.39 is 0 Å². The molecule has 0 unspecified atom stereocenters. The van der Waals surface area contributed by atoms with Crippen molar-refractivity contribution in [1.29, 1.82) is 0 Å². The van der Waals surface area contributed by atoms with E-state index in [1.807, 2.05) is 13.2 Å². The van der Waals surface area contributed by atoms with Gasteiger partial charge in [0.15, 0.2) is 0 Å². The van der Waals surface area contributed by atoms with Crippen LogP contribution in [0.4, 0.5) is 4.39 Å². The molecule has 2 aromatic rings. The summed E-state index contributed by atoms with van der Waals surface area (Å²) in [5.41, 5.74) is 2.71. The molecule has 0 aliphatic heterocycles. The minimum Gasteiger partial charge on any atom is -0.353 e. The number of carbonyl (C=O) groups is 1. The Bertz CT molecular complexity index is 672. The minimum absolute atomic E-state index is 0.103. The van der Waals surface area contributed by atoms with Crippen molar-refractivity contribution >= 4 is 5.91 Å². The van der Waals surface area contributed by atoms with Crippen molar-refractivity contribution in [3.63, 3.8) is 0 Å². The number of amides is 1. The van der Waals surface area contributed by atoms with Crippen LogP contribution in [0.1, 0.15) is 37.7 Å². The molecule has 3 rings (SSSR count). The molecule has 0 radical (unpaired) electrons. The Kier molecular flexibility index (Phi) is 4.74. The lowest BCUT2D eigenvalue weighted by atomic mass is 10.0. The molecule has 1 heterocycles. The Morgan fingerprint density at radius 2 is 2.00 bits per heavy atom. The van der Waals surface area contributed by atoms with Gasteiger partial charge in [0.05, 0.1) is 5.69 Å². The van der Waals surface area contributed by atoms with Gasteiger partial charge in [0.1, 0.15) is 5.82 Å². The predicted octanol–water partition coefficient (Wildman–Crippen LogP) is 3.22. The highest BCUT2D eigenvalue weighted by molar-refractivity contribution is 5.77. The maximum atomic E-state index is 13.1. The summed E-state index contributed by atoms with van der Waals surface area (Å²) in [5, 5.41) is 7.56. The first kappa shape index (κ1) is 15.7. The summed E-state index contributed by atoms with van der Waals surface area (Å²) >= 11 is 0. The van der Waals surface area contributed by atoms with Crippen molar-refractivity contribution in [3.8, 4) is 11.3 Å². The van der Waals surface area contributed by atoms with Crippen molar-refractivity contribution in [1.82, 2.24) is 15.1 Å². The zero-order chi connectivity index (χ0) is 16.2. The molecule has 0 atom stereocenters. The number of halogens is 1. The van der Waals surface area contributed by atoms with E-state index in [4.69, 9.17) is 0 Å². The molecule has 1 aliphatic rings.